The number of benzene rings is 1. The zero-order chi connectivity index (χ0) is 12.0. The lowest BCUT2D eigenvalue weighted by molar-refractivity contribution is -0.145. The molecule has 0 radical (unpaired) electrons. The van der Waals surface area contributed by atoms with Crippen LogP contribution in [0.1, 0.15) is 18.9 Å². The maximum Gasteiger partial charge on any atom is 0.310 e. The van der Waals surface area contributed by atoms with Gasteiger partial charge in [0.25, 0.3) is 0 Å². The van der Waals surface area contributed by atoms with E-state index in [4.69, 9.17) is 4.74 Å². The lowest BCUT2D eigenvalue weighted by Gasteiger charge is -2.15. The molecule has 1 atom stereocenters. The zero-order valence-corrected chi connectivity index (χ0v) is 10.1. The quantitative estimate of drug-likeness (QED) is 0.777. The van der Waals surface area contributed by atoms with Crippen LogP contribution in [-0.2, 0) is 9.53 Å². The van der Waals surface area contributed by atoms with Crippen molar-refractivity contribution in [2.45, 2.75) is 20.3 Å². The molecule has 1 unspecified atom stereocenters. The Hall–Kier alpha value is -1.51. The number of methoxy groups -OCH3 is 1. The number of carbonyl (C=O) groups is 1. The van der Waals surface area contributed by atoms with Crippen LogP contribution in [0.3, 0.4) is 0 Å². The van der Waals surface area contributed by atoms with Crippen LogP contribution in [0, 0.1) is 12.8 Å². The second-order valence-electron chi connectivity index (χ2n) is 3.82. The van der Waals surface area contributed by atoms with Crippen LogP contribution in [0.15, 0.2) is 24.3 Å². The van der Waals surface area contributed by atoms with E-state index in [1.807, 2.05) is 38.1 Å². The zero-order valence-electron chi connectivity index (χ0n) is 10.1. The smallest absolute Gasteiger partial charge is 0.310 e. The molecule has 1 aromatic rings. The van der Waals surface area contributed by atoms with Gasteiger partial charge in [-0.3, -0.25) is 4.79 Å². The minimum absolute atomic E-state index is 0.0791. The first-order valence-corrected chi connectivity index (χ1v) is 5.56. The third-order valence-electron chi connectivity index (χ3n) is 2.71. The van der Waals surface area contributed by atoms with E-state index >= 15 is 0 Å². The highest BCUT2D eigenvalue weighted by Crippen LogP contribution is 2.14. The monoisotopic (exact) mass is 221 g/mol. The van der Waals surface area contributed by atoms with Crippen molar-refractivity contribution in [1.82, 2.24) is 0 Å². The van der Waals surface area contributed by atoms with Crippen molar-refractivity contribution < 1.29 is 9.53 Å². The van der Waals surface area contributed by atoms with Gasteiger partial charge in [0.05, 0.1) is 13.0 Å². The Bertz CT molecular complexity index is 350. The summed E-state index contributed by atoms with van der Waals surface area (Å²) < 4.78 is 4.74. The van der Waals surface area contributed by atoms with Crippen LogP contribution in [0.4, 0.5) is 5.69 Å². The van der Waals surface area contributed by atoms with Crippen LogP contribution >= 0.6 is 0 Å². The average Bonchev–Trinajstić information content (AvgIpc) is 2.31. The number of hydrogen-bond donors (Lipinski definition) is 1. The lowest BCUT2D eigenvalue weighted by Crippen LogP contribution is -2.23. The fourth-order valence-electron chi connectivity index (χ4n) is 1.57. The molecule has 0 bridgehead atoms. The standard InChI is InChI=1S/C13H19NO2/c1-4-11(13(15)16-3)9-14-12-8-6-5-7-10(12)2/h5-8,11,14H,4,9H2,1-3H3. The highest BCUT2D eigenvalue weighted by atomic mass is 16.5. The average molecular weight is 221 g/mol. The van der Waals surface area contributed by atoms with Crippen LogP contribution in [0.2, 0.25) is 0 Å². The SMILES string of the molecule is CCC(CNc1ccccc1C)C(=O)OC. The molecule has 1 rings (SSSR count). The van der Waals surface area contributed by atoms with Gasteiger partial charge in [-0.25, -0.2) is 0 Å². The third-order valence-corrected chi connectivity index (χ3v) is 2.71. The van der Waals surface area contributed by atoms with Crippen molar-refractivity contribution in [3.05, 3.63) is 29.8 Å². The summed E-state index contributed by atoms with van der Waals surface area (Å²) in [7, 11) is 1.43. The molecule has 1 aromatic carbocycles. The molecule has 0 aliphatic heterocycles. The summed E-state index contributed by atoms with van der Waals surface area (Å²) in [6, 6.07) is 8.04. The van der Waals surface area contributed by atoms with Crippen molar-refractivity contribution in [1.29, 1.82) is 0 Å². The molecule has 0 fully saturated rings. The maximum absolute atomic E-state index is 11.4. The molecule has 0 aliphatic carbocycles. The molecule has 0 heterocycles. The molecule has 0 amide bonds. The minimum atomic E-state index is -0.149. The van der Waals surface area contributed by atoms with Crippen LogP contribution in [-0.4, -0.2) is 19.6 Å². The fraction of sp³-hybridized carbons (Fsp3) is 0.462. The Morgan fingerprint density at radius 3 is 2.69 bits per heavy atom. The van der Waals surface area contributed by atoms with Crippen molar-refractivity contribution >= 4 is 11.7 Å². The number of nitrogens with one attached hydrogen (secondary N) is 1. The number of hydrogen-bond acceptors (Lipinski definition) is 3. The maximum atomic E-state index is 11.4. The molecule has 0 saturated heterocycles. The normalized spacial score (nSPS) is 11.9. The van der Waals surface area contributed by atoms with E-state index in [9.17, 15) is 4.79 Å². The molecule has 0 saturated carbocycles. The van der Waals surface area contributed by atoms with Crippen LogP contribution in [0.5, 0.6) is 0 Å². The van der Waals surface area contributed by atoms with Crippen LogP contribution < -0.4 is 5.32 Å². The van der Waals surface area contributed by atoms with Gasteiger partial charge in [-0.1, -0.05) is 25.1 Å². The van der Waals surface area contributed by atoms with E-state index in [-0.39, 0.29) is 11.9 Å². The minimum Gasteiger partial charge on any atom is -0.469 e. The van der Waals surface area contributed by atoms with E-state index in [1.54, 1.807) is 0 Å². The third kappa shape index (κ3) is 3.26. The summed E-state index contributed by atoms with van der Waals surface area (Å²) in [6.45, 7) is 4.65. The molecular formula is C13H19NO2. The highest BCUT2D eigenvalue weighted by molar-refractivity contribution is 5.73. The van der Waals surface area contributed by atoms with Gasteiger partial charge in [0, 0.05) is 12.2 Å². The van der Waals surface area contributed by atoms with E-state index < -0.39 is 0 Å². The Balaban J connectivity index is 2.56. The molecule has 88 valence electrons. The van der Waals surface area contributed by atoms with Gasteiger partial charge in [0.1, 0.15) is 0 Å². The van der Waals surface area contributed by atoms with E-state index in [2.05, 4.69) is 5.32 Å². The first kappa shape index (κ1) is 12.6. The predicted octanol–water partition coefficient (Wildman–Crippen LogP) is 2.61. The van der Waals surface area contributed by atoms with E-state index in [1.165, 1.54) is 12.7 Å². The molecule has 0 aromatic heterocycles. The van der Waals surface area contributed by atoms with Crippen molar-refractivity contribution in [2.75, 3.05) is 19.0 Å². The second-order valence-corrected chi connectivity index (χ2v) is 3.82. The molecule has 0 spiro atoms. The van der Waals surface area contributed by atoms with E-state index in [0.29, 0.717) is 6.54 Å². The van der Waals surface area contributed by atoms with Gasteiger partial charge in [-0.05, 0) is 25.0 Å². The predicted molar refractivity (Wildman–Crippen MR) is 65.5 cm³/mol. The van der Waals surface area contributed by atoms with Gasteiger partial charge in [-0.15, -0.1) is 0 Å². The molecular weight excluding hydrogens is 202 g/mol. The molecule has 3 heteroatoms. The molecule has 1 N–H and O–H groups in total. The highest BCUT2D eigenvalue weighted by Gasteiger charge is 2.16. The Kier molecular flexibility index (Phi) is 4.83. The van der Waals surface area contributed by atoms with Crippen LogP contribution in [0.25, 0.3) is 0 Å². The summed E-state index contributed by atoms with van der Waals surface area (Å²) >= 11 is 0. The first-order valence-electron chi connectivity index (χ1n) is 5.56. The number of esters is 1. The summed E-state index contributed by atoms with van der Waals surface area (Å²) in [4.78, 5) is 11.4. The topological polar surface area (TPSA) is 38.3 Å². The number of aryl methyl sites for hydroxylation is 1. The number of rotatable bonds is 5. The van der Waals surface area contributed by atoms with Gasteiger partial charge in [0.2, 0.25) is 0 Å². The number of anilines is 1. The van der Waals surface area contributed by atoms with Crippen molar-refractivity contribution in [3.8, 4) is 0 Å². The Morgan fingerprint density at radius 2 is 2.12 bits per heavy atom. The fourth-order valence-corrected chi connectivity index (χ4v) is 1.57. The summed E-state index contributed by atoms with van der Waals surface area (Å²) in [5, 5.41) is 3.28. The lowest BCUT2D eigenvalue weighted by atomic mass is 10.1. The number of carbonyl (C=O) groups excluding carboxylic acids is 1. The Morgan fingerprint density at radius 1 is 1.44 bits per heavy atom. The summed E-state index contributed by atoms with van der Waals surface area (Å²) in [5.41, 5.74) is 2.26. The summed E-state index contributed by atoms with van der Waals surface area (Å²) in [5.74, 6) is -0.229. The second kappa shape index (κ2) is 6.16. The van der Waals surface area contributed by atoms with Gasteiger partial charge in [0.15, 0.2) is 0 Å². The van der Waals surface area contributed by atoms with Gasteiger partial charge in [-0.2, -0.15) is 0 Å². The van der Waals surface area contributed by atoms with Gasteiger partial charge < -0.3 is 10.1 Å². The molecule has 16 heavy (non-hydrogen) atoms. The van der Waals surface area contributed by atoms with E-state index in [0.717, 1.165) is 12.1 Å². The Labute approximate surface area is 96.8 Å². The first-order chi connectivity index (χ1) is 7.69. The number of ether oxygens (including phenoxy) is 1. The van der Waals surface area contributed by atoms with Gasteiger partial charge >= 0.3 is 5.97 Å². The molecule has 0 aliphatic rings. The molecule has 3 nitrogen and oxygen atoms in total. The number of para-hydroxylation sites is 1. The largest absolute Gasteiger partial charge is 0.469 e. The van der Waals surface area contributed by atoms with Crippen molar-refractivity contribution in [2.24, 2.45) is 5.92 Å². The summed E-state index contributed by atoms with van der Waals surface area (Å²) in [6.07, 6.45) is 0.783. The van der Waals surface area contributed by atoms with Crippen molar-refractivity contribution in [3.63, 3.8) is 0 Å².